The minimum absolute atomic E-state index is 0.178. The summed E-state index contributed by atoms with van der Waals surface area (Å²) in [4.78, 5) is 18.3. The van der Waals surface area contributed by atoms with Crippen molar-refractivity contribution in [3.8, 4) is 5.69 Å². The fourth-order valence-electron chi connectivity index (χ4n) is 3.33. The monoisotopic (exact) mass is 432 g/mol. The van der Waals surface area contributed by atoms with Gasteiger partial charge in [0, 0.05) is 11.1 Å². The summed E-state index contributed by atoms with van der Waals surface area (Å²) in [7, 11) is 0. The van der Waals surface area contributed by atoms with Crippen molar-refractivity contribution in [1.29, 1.82) is 0 Å². The maximum atomic E-state index is 13.2. The first-order valence-electron chi connectivity index (χ1n) is 9.54. The summed E-state index contributed by atoms with van der Waals surface area (Å²) < 4.78 is 16.7. The lowest BCUT2D eigenvalue weighted by atomic mass is 10.2. The molecule has 5 rings (SSSR count). The summed E-state index contributed by atoms with van der Waals surface area (Å²) in [6.07, 6.45) is 3.08. The molecule has 5 aromatic rings. The van der Waals surface area contributed by atoms with Crippen molar-refractivity contribution < 1.29 is 9.18 Å². The molecule has 31 heavy (non-hydrogen) atoms. The highest BCUT2D eigenvalue weighted by atomic mass is 32.1. The molecule has 7 nitrogen and oxygen atoms in total. The van der Waals surface area contributed by atoms with E-state index in [1.54, 1.807) is 23.1 Å². The van der Waals surface area contributed by atoms with Gasteiger partial charge in [-0.15, -0.1) is 11.3 Å². The van der Waals surface area contributed by atoms with Crippen molar-refractivity contribution in [2.24, 2.45) is 0 Å². The fourth-order valence-corrected chi connectivity index (χ4v) is 4.38. The zero-order valence-corrected chi connectivity index (χ0v) is 17.3. The first-order valence-corrected chi connectivity index (χ1v) is 10.4. The number of amides is 1. The van der Waals surface area contributed by atoms with Crippen molar-refractivity contribution >= 4 is 33.1 Å². The van der Waals surface area contributed by atoms with Crippen LogP contribution < -0.4 is 5.32 Å². The third kappa shape index (κ3) is 3.82. The van der Waals surface area contributed by atoms with Gasteiger partial charge in [-0.25, -0.2) is 14.1 Å². The lowest BCUT2D eigenvalue weighted by Crippen LogP contribution is -2.10. The molecular formula is C22H17FN6OS. The molecule has 3 heterocycles. The Bertz CT molecular complexity index is 1350. The molecule has 0 fully saturated rings. The molecule has 0 aliphatic heterocycles. The Morgan fingerprint density at radius 2 is 1.90 bits per heavy atom. The van der Waals surface area contributed by atoms with Gasteiger partial charge in [0.15, 0.2) is 0 Å². The van der Waals surface area contributed by atoms with Gasteiger partial charge in [-0.1, -0.05) is 12.1 Å². The van der Waals surface area contributed by atoms with Gasteiger partial charge in [0.2, 0.25) is 0 Å². The van der Waals surface area contributed by atoms with Crippen molar-refractivity contribution in [1.82, 2.24) is 24.5 Å². The predicted molar refractivity (Wildman–Crippen MR) is 117 cm³/mol. The average Bonchev–Trinajstić information content (AvgIpc) is 3.50. The molecular weight excluding hydrogens is 415 g/mol. The Hall–Kier alpha value is -3.85. The molecule has 1 N–H and O–H groups in total. The molecule has 0 saturated carbocycles. The number of carbonyl (C=O) groups is 1. The van der Waals surface area contributed by atoms with E-state index in [1.807, 2.05) is 41.9 Å². The number of nitrogens with zero attached hydrogens (tertiary/aromatic N) is 5. The van der Waals surface area contributed by atoms with Crippen LogP contribution in [0.1, 0.15) is 20.9 Å². The Morgan fingerprint density at radius 3 is 2.61 bits per heavy atom. The van der Waals surface area contributed by atoms with Gasteiger partial charge in [-0.3, -0.25) is 9.48 Å². The third-order valence-electron chi connectivity index (χ3n) is 4.89. The minimum atomic E-state index is -0.269. The lowest BCUT2D eigenvalue weighted by molar-refractivity contribution is 0.103. The van der Waals surface area contributed by atoms with Crippen LogP contribution in [0, 0.1) is 12.7 Å². The SMILES string of the molecule is Cc1nn(Cc2ccc(F)cc2)c2sc(C(=O)Nc3ccc(-n4cncn4)cc3)cc12. The van der Waals surface area contributed by atoms with Crippen LogP contribution in [0.25, 0.3) is 15.9 Å². The first-order chi connectivity index (χ1) is 15.1. The van der Waals surface area contributed by atoms with E-state index in [-0.39, 0.29) is 11.7 Å². The van der Waals surface area contributed by atoms with Crippen LogP contribution in [0.4, 0.5) is 10.1 Å². The number of aromatic nitrogens is 5. The zero-order valence-electron chi connectivity index (χ0n) is 16.5. The first kappa shape index (κ1) is 19.1. The second-order valence-electron chi connectivity index (χ2n) is 7.04. The van der Waals surface area contributed by atoms with Gasteiger partial charge in [-0.2, -0.15) is 10.2 Å². The van der Waals surface area contributed by atoms with Gasteiger partial charge >= 0.3 is 0 Å². The lowest BCUT2D eigenvalue weighted by Gasteiger charge is -2.05. The zero-order chi connectivity index (χ0) is 21.4. The van der Waals surface area contributed by atoms with Gasteiger partial charge in [0.05, 0.1) is 22.8 Å². The van der Waals surface area contributed by atoms with Crippen LogP contribution in [-0.2, 0) is 6.54 Å². The van der Waals surface area contributed by atoms with Gasteiger partial charge in [-0.05, 0) is 55.0 Å². The molecule has 0 bridgehead atoms. The molecule has 0 aliphatic rings. The number of halogens is 1. The van der Waals surface area contributed by atoms with E-state index < -0.39 is 0 Å². The predicted octanol–water partition coefficient (Wildman–Crippen LogP) is 4.43. The number of hydrogen-bond acceptors (Lipinski definition) is 5. The van der Waals surface area contributed by atoms with Crippen molar-refractivity contribution in [3.05, 3.63) is 89.2 Å². The number of hydrogen-bond donors (Lipinski definition) is 1. The summed E-state index contributed by atoms with van der Waals surface area (Å²) in [5.41, 5.74) is 3.34. The number of aryl methyl sites for hydroxylation is 1. The summed E-state index contributed by atoms with van der Waals surface area (Å²) in [5.74, 6) is -0.447. The van der Waals surface area contributed by atoms with Crippen LogP contribution in [0.5, 0.6) is 0 Å². The Kier molecular flexibility index (Phi) is 4.79. The number of thiophene rings is 1. The maximum Gasteiger partial charge on any atom is 0.265 e. The van der Waals surface area contributed by atoms with E-state index in [2.05, 4.69) is 20.5 Å². The van der Waals surface area contributed by atoms with E-state index >= 15 is 0 Å². The van der Waals surface area contributed by atoms with Crippen LogP contribution in [-0.4, -0.2) is 30.5 Å². The number of rotatable bonds is 5. The Morgan fingerprint density at radius 1 is 1.13 bits per heavy atom. The quantitative estimate of drug-likeness (QED) is 0.446. The second-order valence-corrected chi connectivity index (χ2v) is 8.07. The van der Waals surface area contributed by atoms with E-state index in [0.29, 0.717) is 17.1 Å². The Labute approximate surface area is 180 Å². The largest absolute Gasteiger partial charge is 0.321 e. The summed E-state index contributed by atoms with van der Waals surface area (Å²) in [6.45, 7) is 2.43. The number of fused-ring (bicyclic) bond motifs is 1. The highest BCUT2D eigenvalue weighted by molar-refractivity contribution is 7.20. The van der Waals surface area contributed by atoms with E-state index in [4.69, 9.17) is 0 Å². The normalized spacial score (nSPS) is 11.2. The standard InChI is InChI=1S/C22H17FN6OS/c1-14-19-10-20(31-22(19)28(27-14)11-15-2-4-16(23)5-3-15)21(30)26-17-6-8-18(9-7-17)29-13-24-12-25-29/h2-10,12-13H,11H2,1H3,(H,26,30). The number of anilines is 1. The fraction of sp³-hybridized carbons (Fsp3) is 0.0909. The molecule has 0 spiro atoms. The minimum Gasteiger partial charge on any atom is -0.321 e. The van der Waals surface area contributed by atoms with Gasteiger partial charge in [0.25, 0.3) is 5.91 Å². The molecule has 1 amide bonds. The molecule has 154 valence electrons. The van der Waals surface area contributed by atoms with E-state index in [1.165, 1.54) is 29.8 Å². The maximum absolute atomic E-state index is 13.2. The highest BCUT2D eigenvalue weighted by Gasteiger charge is 2.17. The molecule has 2 aromatic carbocycles. The third-order valence-corrected chi connectivity index (χ3v) is 6.03. The highest BCUT2D eigenvalue weighted by Crippen LogP contribution is 2.29. The molecule has 0 radical (unpaired) electrons. The Balaban J connectivity index is 1.36. The molecule has 0 unspecified atom stereocenters. The van der Waals surface area contributed by atoms with Crippen LogP contribution >= 0.6 is 11.3 Å². The summed E-state index contributed by atoms with van der Waals surface area (Å²) >= 11 is 1.39. The van der Waals surface area contributed by atoms with E-state index in [0.717, 1.165) is 27.2 Å². The molecule has 3 aromatic heterocycles. The number of benzene rings is 2. The van der Waals surface area contributed by atoms with Crippen molar-refractivity contribution in [3.63, 3.8) is 0 Å². The number of carbonyl (C=O) groups excluding carboxylic acids is 1. The van der Waals surface area contributed by atoms with Crippen LogP contribution in [0.3, 0.4) is 0 Å². The second kappa shape index (κ2) is 7.77. The molecule has 0 atom stereocenters. The van der Waals surface area contributed by atoms with Gasteiger partial charge < -0.3 is 5.32 Å². The molecule has 9 heteroatoms. The summed E-state index contributed by atoms with van der Waals surface area (Å²) in [5, 5.41) is 12.5. The van der Waals surface area contributed by atoms with Crippen molar-refractivity contribution in [2.45, 2.75) is 13.5 Å². The topological polar surface area (TPSA) is 77.6 Å². The average molecular weight is 432 g/mol. The van der Waals surface area contributed by atoms with Crippen molar-refractivity contribution in [2.75, 3.05) is 5.32 Å². The van der Waals surface area contributed by atoms with Crippen LogP contribution in [0.15, 0.2) is 67.3 Å². The van der Waals surface area contributed by atoms with Crippen LogP contribution in [0.2, 0.25) is 0 Å². The molecule has 0 saturated heterocycles. The smallest absolute Gasteiger partial charge is 0.265 e. The van der Waals surface area contributed by atoms with Gasteiger partial charge in [0.1, 0.15) is 23.3 Å². The molecule has 0 aliphatic carbocycles. The summed E-state index contributed by atoms with van der Waals surface area (Å²) in [6, 6.07) is 15.6. The number of nitrogens with one attached hydrogen (secondary N) is 1. The van der Waals surface area contributed by atoms with E-state index in [9.17, 15) is 9.18 Å².